The van der Waals surface area contributed by atoms with Crippen LogP contribution in [0.5, 0.6) is 0 Å². The van der Waals surface area contributed by atoms with Gasteiger partial charge in [-0.05, 0) is 38.5 Å². The highest BCUT2D eigenvalue weighted by molar-refractivity contribution is 5.98. The summed E-state index contributed by atoms with van der Waals surface area (Å²) in [5.74, 6) is -0.240. The number of carbonyl (C=O) groups excluding carboxylic acids is 1. The first-order chi connectivity index (χ1) is 9.30. The van der Waals surface area contributed by atoms with E-state index in [1.54, 1.807) is 17.1 Å². The number of hydrogen-bond acceptors (Lipinski definition) is 4. The lowest BCUT2D eigenvalue weighted by Gasteiger charge is -2.20. The number of rotatable bonds is 3. The Morgan fingerprint density at radius 3 is 2.40 bits per heavy atom. The average Bonchev–Trinajstić information content (AvgIpc) is 2.67. The van der Waals surface area contributed by atoms with Crippen molar-refractivity contribution in [3.8, 4) is 0 Å². The number of amides is 1. The highest BCUT2D eigenvalue weighted by Crippen LogP contribution is 2.25. The van der Waals surface area contributed by atoms with Crippen molar-refractivity contribution in [2.45, 2.75) is 32.7 Å². The Morgan fingerprint density at radius 1 is 1.30 bits per heavy atom. The minimum atomic E-state index is -0.554. The number of pyridine rings is 1. The smallest absolute Gasteiger partial charge is 0.254 e. The van der Waals surface area contributed by atoms with E-state index in [0.717, 1.165) is 5.56 Å². The van der Waals surface area contributed by atoms with Crippen LogP contribution in [0.1, 0.15) is 42.4 Å². The average molecular weight is 273 g/mol. The van der Waals surface area contributed by atoms with E-state index >= 15 is 0 Å². The van der Waals surface area contributed by atoms with Crippen molar-refractivity contribution < 1.29 is 4.79 Å². The molecule has 2 rings (SSSR count). The van der Waals surface area contributed by atoms with Crippen LogP contribution in [0.4, 0.5) is 5.82 Å². The number of nitrogens with two attached hydrogens (primary N) is 2. The largest absolute Gasteiger partial charge is 0.383 e. The van der Waals surface area contributed by atoms with Gasteiger partial charge in [-0.1, -0.05) is 0 Å². The third kappa shape index (κ3) is 2.64. The maximum atomic E-state index is 11.6. The summed E-state index contributed by atoms with van der Waals surface area (Å²) in [6.07, 6.45) is 3.89. The maximum absolute atomic E-state index is 11.6. The lowest BCUT2D eigenvalue weighted by atomic mass is 10.1. The number of nitrogens with zero attached hydrogens (tertiary/aromatic N) is 3. The van der Waals surface area contributed by atoms with Crippen LogP contribution in [0.15, 0.2) is 24.5 Å². The Morgan fingerprint density at radius 2 is 1.90 bits per heavy atom. The van der Waals surface area contributed by atoms with Crippen LogP contribution in [-0.2, 0) is 12.0 Å². The summed E-state index contributed by atoms with van der Waals surface area (Å²) in [6.45, 7) is 5.91. The van der Waals surface area contributed by atoms with E-state index < -0.39 is 5.91 Å². The van der Waals surface area contributed by atoms with Gasteiger partial charge in [0.1, 0.15) is 11.4 Å². The Bertz CT molecular complexity index is 625. The summed E-state index contributed by atoms with van der Waals surface area (Å²) in [5.41, 5.74) is 13.1. The fraction of sp³-hybridized carbons (Fsp3) is 0.357. The zero-order valence-electron chi connectivity index (χ0n) is 11.9. The molecule has 4 N–H and O–H groups in total. The summed E-state index contributed by atoms with van der Waals surface area (Å²) in [6, 6.07) is 3.74. The maximum Gasteiger partial charge on any atom is 0.254 e. The summed E-state index contributed by atoms with van der Waals surface area (Å²) < 4.78 is 1.64. The predicted molar refractivity (Wildman–Crippen MR) is 77.2 cm³/mol. The molecule has 0 saturated heterocycles. The van der Waals surface area contributed by atoms with Crippen molar-refractivity contribution in [1.82, 2.24) is 14.8 Å². The van der Waals surface area contributed by atoms with E-state index in [-0.39, 0.29) is 5.54 Å². The quantitative estimate of drug-likeness (QED) is 0.880. The van der Waals surface area contributed by atoms with E-state index in [0.29, 0.717) is 23.5 Å². The van der Waals surface area contributed by atoms with Crippen LogP contribution >= 0.6 is 0 Å². The molecule has 0 bridgehead atoms. The Balaban J connectivity index is 2.50. The van der Waals surface area contributed by atoms with Gasteiger partial charge in [-0.2, -0.15) is 5.10 Å². The molecular weight excluding hydrogens is 254 g/mol. The lowest BCUT2D eigenvalue weighted by molar-refractivity contribution is 0.100. The second kappa shape index (κ2) is 4.96. The minimum absolute atomic E-state index is 0.303. The lowest BCUT2D eigenvalue weighted by Crippen LogP contribution is -2.25. The number of hydrogen-bond donors (Lipinski definition) is 2. The third-order valence-corrected chi connectivity index (χ3v) is 3.00. The molecule has 0 aliphatic carbocycles. The molecule has 6 heteroatoms. The molecule has 0 aromatic carbocycles. The first-order valence-corrected chi connectivity index (χ1v) is 6.37. The molecule has 20 heavy (non-hydrogen) atoms. The molecular formula is C14H19N5O. The number of aromatic nitrogens is 3. The highest BCUT2D eigenvalue weighted by Gasteiger charge is 2.25. The van der Waals surface area contributed by atoms with Crippen molar-refractivity contribution in [3.63, 3.8) is 0 Å². The molecule has 0 spiro atoms. The van der Waals surface area contributed by atoms with Gasteiger partial charge in [0.15, 0.2) is 0 Å². The van der Waals surface area contributed by atoms with Gasteiger partial charge in [-0.3, -0.25) is 9.78 Å². The minimum Gasteiger partial charge on any atom is -0.383 e. The Hall–Kier alpha value is -2.37. The zero-order chi connectivity index (χ0) is 14.9. The topological polar surface area (TPSA) is 99.8 Å². The van der Waals surface area contributed by atoms with Gasteiger partial charge in [0.25, 0.3) is 5.91 Å². The molecule has 106 valence electrons. The van der Waals surface area contributed by atoms with Gasteiger partial charge in [0.2, 0.25) is 0 Å². The van der Waals surface area contributed by atoms with Crippen molar-refractivity contribution in [2.24, 2.45) is 5.73 Å². The van der Waals surface area contributed by atoms with Crippen molar-refractivity contribution in [3.05, 3.63) is 41.3 Å². The van der Waals surface area contributed by atoms with E-state index in [1.165, 1.54) is 0 Å². The van der Waals surface area contributed by atoms with E-state index in [2.05, 4.69) is 10.1 Å². The van der Waals surface area contributed by atoms with Crippen molar-refractivity contribution in [1.29, 1.82) is 0 Å². The molecule has 0 aliphatic heterocycles. The van der Waals surface area contributed by atoms with Gasteiger partial charge < -0.3 is 11.5 Å². The standard InChI is InChI=1S/C14H19N5O/c1-14(2,3)19-12(15)11(13(16)20)10(18-19)8-9-4-6-17-7-5-9/h4-7H,8,15H2,1-3H3,(H2,16,20). The van der Waals surface area contributed by atoms with E-state index in [1.807, 2.05) is 32.9 Å². The Kier molecular flexibility index (Phi) is 3.48. The summed E-state index contributed by atoms with van der Waals surface area (Å²) >= 11 is 0. The summed E-state index contributed by atoms with van der Waals surface area (Å²) in [5, 5.41) is 4.47. The molecule has 2 aromatic rings. The second-order valence-corrected chi connectivity index (χ2v) is 5.69. The van der Waals surface area contributed by atoms with Gasteiger partial charge in [-0.25, -0.2) is 4.68 Å². The molecule has 6 nitrogen and oxygen atoms in total. The van der Waals surface area contributed by atoms with Crippen LogP contribution in [0.25, 0.3) is 0 Å². The van der Waals surface area contributed by atoms with Crippen LogP contribution in [0.2, 0.25) is 0 Å². The predicted octanol–water partition coefficient (Wildman–Crippen LogP) is 1.30. The molecule has 2 heterocycles. The first-order valence-electron chi connectivity index (χ1n) is 6.37. The van der Waals surface area contributed by atoms with Crippen LogP contribution < -0.4 is 11.5 Å². The molecule has 1 amide bonds. The molecule has 0 atom stereocenters. The van der Waals surface area contributed by atoms with Gasteiger partial charge >= 0.3 is 0 Å². The monoisotopic (exact) mass is 273 g/mol. The second-order valence-electron chi connectivity index (χ2n) is 5.69. The summed E-state index contributed by atoms with van der Waals surface area (Å²) in [4.78, 5) is 15.6. The molecule has 0 fully saturated rings. The number of primary amides is 1. The molecule has 0 unspecified atom stereocenters. The fourth-order valence-corrected chi connectivity index (χ4v) is 2.08. The molecule has 0 radical (unpaired) electrons. The first kappa shape index (κ1) is 14.0. The molecule has 2 aromatic heterocycles. The fourth-order valence-electron chi connectivity index (χ4n) is 2.08. The number of carbonyl (C=O) groups is 1. The highest BCUT2D eigenvalue weighted by atomic mass is 16.1. The number of anilines is 1. The van der Waals surface area contributed by atoms with Crippen LogP contribution in [-0.4, -0.2) is 20.7 Å². The third-order valence-electron chi connectivity index (χ3n) is 3.00. The van der Waals surface area contributed by atoms with Crippen molar-refractivity contribution >= 4 is 11.7 Å². The van der Waals surface area contributed by atoms with E-state index in [4.69, 9.17) is 11.5 Å². The van der Waals surface area contributed by atoms with Crippen molar-refractivity contribution in [2.75, 3.05) is 5.73 Å². The van der Waals surface area contributed by atoms with Gasteiger partial charge in [-0.15, -0.1) is 0 Å². The zero-order valence-corrected chi connectivity index (χ0v) is 11.9. The van der Waals surface area contributed by atoms with Crippen LogP contribution in [0, 0.1) is 0 Å². The van der Waals surface area contributed by atoms with E-state index in [9.17, 15) is 4.79 Å². The Labute approximate surface area is 117 Å². The normalized spacial score (nSPS) is 11.6. The number of nitrogen functional groups attached to an aromatic ring is 1. The van der Waals surface area contributed by atoms with Gasteiger partial charge in [0, 0.05) is 18.8 Å². The summed E-state index contributed by atoms with van der Waals surface area (Å²) in [7, 11) is 0. The molecule has 0 saturated carbocycles. The SMILES string of the molecule is CC(C)(C)n1nc(Cc2ccncc2)c(C(N)=O)c1N. The van der Waals surface area contributed by atoms with Gasteiger partial charge in [0.05, 0.1) is 11.2 Å². The van der Waals surface area contributed by atoms with Crippen LogP contribution in [0.3, 0.4) is 0 Å². The molecule has 0 aliphatic rings.